The summed E-state index contributed by atoms with van der Waals surface area (Å²) in [6.45, 7) is 2.04. The van der Waals surface area contributed by atoms with Gasteiger partial charge in [0, 0.05) is 22.0 Å². The Balaban J connectivity index is 1.64. The zero-order valence-electron chi connectivity index (χ0n) is 18.2. The predicted molar refractivity (Wildman–Crippen MR) is 134 cm³/mol. The number of hydrogen-bond donors (Lipinski definition) is 1. The van der Waals surface area contributed by atoms with E-state index in [0.29, 0.717) is 20.8 Å². The third-order valence-electron chi connectivity index (χ3n) is 6.42. The minimum Gasteiger partial charge on any atom is -0.348 e. The molecule has 170 valence electrons. The van der Waals surface area contributed by atoms with Crippen LogP contribution >= 0.6 is 34.8 Å². The smallest absolute Gasteiger partial charge is 0.268 e. The van der Waals surface area contributed by atoms with Crippen LogP contribution in [0.2, 0.25) is 15.1 Å². The number of anilines is 1. The molecule has 0 spiro atoms. The molecule has 1 N–H and O–H groups in total. The highest BCUT2D eigenvalue weighted by atomic mass is 35.5. The molecule has 2 aliphatic rings. The maximum Gasteiger partial charge on any atom is 0.268 e. The van der Waals surface area contributed by atoms with Gasteiger partial charge in [-0.05, 0) is 48.7 Å². The van der Waals surface area contributed by atoms with Crippen molar-refractivity contribution in [3.63, 3.8) is 0 Å². The lowest BCUT2D eigenvalue weighted by molar-refractivity contribution is -0.115. The van der Waals surface area contributed by atoms with E-state index in [1.54, 1.807) is 12.1 Å². The zero-order chi connectivity index (χ0) is 22.7. The molecular weight excluding hydrogens is 465 g/mol. The van der Waals surface area contributed by atoms with Gasteiger partial charge < -0.3 is 5.32 Å². The summed E-state index contributed by atoms with van der Waals surface area (Å²) >= 11 is 18.8. The standard InChI is InChI=1S/C25H28Cl3N3O/c1-16-23(25(32)29-20-7-5-3-2-4-6-8-20)30-31(22-14-13-19(27)15-21(22)28)24(16)17-9-11-18(26)12-10-17/h9-16,20,24H,2-8H2,1H3,(H,29,32)/t16-,24+/m1/s1. The Morgan fingerprint density at radius 1 is 0.938 bits per heavy atom. The van der Waals surface area contributed by atoms with Crippen LogP contribution in [0.25, 0.3) is 0 Å². The Morgan fingerprint density at radius 3 is 2.22 bits per heavy atom. The van der Waals surface area contributed by atoms with Gasteiger partial charge >= 0.3 is 0 Å². The number of rotatable bonds is 4. The molecule has 1 heterocycles. The third kappa shape index (κ3) is 5.24. The summed E-state index contributed by atoms with van der Waals surface area (Å²) in [5.41, 5.74) is 2.26. The summed E-state index contributed by atoms with van der Waals surface area (Å²) in [6, 6.07) is 13.0. The van der Waals surface area contributed by atoms with E-state index >= 15 is 0 Å². The lowest BCUT2D eigenvalue weighted by Crippen LogP contribution is -2.41. The number of nitrogens with zero attached hydrogens (tertiary/aromatic N) is 2. The molecule has 2 aromatic carbocycles. The maximum atomic E-state index is 13.3. The zero-order valence-corrected chi connectivity index (χ0v) is 20.4. The monoisotopic (exact) mass is 491 g/mol. The SMILES string of the molecule is C[C@@H]1C(C(=O)NC2CCCCCCC2)=NN(c2ccc(Cl)cc2Cl)[C@@H]1c1ccc(Cl)cc1. The Kier molecular flexibility index (Phi) is 7.65. The molecule has 1 aliphatic carbocycles. The number of carbonyl (C=O) groups excluding carboxylic acids is 1. The van der Waals surface area contributed by atoms with E-state index in [2.05, 4.69) is 5.32 Å². The van der Waals surface area contributed by atoms with Crippen molar-refractivity contribution in [1.82, 2.24) is 5.32 Å². The highest BCUT2D eigenvalue weighted by Crippen LogP contribution is 2.42. The van der Waals surface area contributed by atoms with Crippen LogP contribution in [0.15, 0.2) is 47.6 Å². The van der Waals surface area contributed by atoms with Gasteiger partial charge in [-0.25, -0.2) is 0 Å². The van der Waals surface area contributed by atoms with E-state index < -0.39 is 0 Å². The van der Waals surface area contributed by atoms with Gasteiger partial charge in [-0.3, -0.25) is 9.80 Å². The van der Waals surface area contributed by atoms with Crippen molar-refractivity contribution in [2.75, 3.05) is 5.01 Å². The number of nitrogens with one attached hydrogen (secondary N) is 1. The first kappa shape index (κ1) is 23.4. The quantitative estimate of drug-likeness (QED) is 0.482. The molecule has 2 atom stereocenters. The maximum absolute atomic E-state index is 13.3. The number of hydrazone groups is 1. The molecule has 0 radical (unpaired) electrons. The Hall–Kier alpha value is -1.75. The summed E-state index contributed by atoms with van der Waals surface area (Å²) in [6.07, 6.45) is 8.15. The fourth-order valence-corrected chi connectivity index (χ4v) is 5.32. The number of halogens is 3. The van der Waals surface area contributed by atoms with Gasteiger partial charge in [0.2, 0.25) is 0 Å². The largest absolute Gasteiger partial charge is 0.348 e. The Bertz CT molecular complexity index is 984. The molecule has 0 unspecified atom stereocenters. The number of carbonyl (C=O) groups is 1. The molecule has 2 aromatic rings. The number of hydrogen-bond acceptors (Lipinski definition) is 3. The van der Waals surface area contributed by atoms with Gasteiger partial charge in [0.15, 0.2) is 0 Å². The average molecular weight is 493 g/mol. The van der Waals surface area contributed by atoms with E-state index in [-0.39, 0.29) is 23.9 Å². The van der Waals surface area contributed by atoms with E-state index in [0.717, 1.165) is 36.9 Å². The second-order valence-corrected chi connectivity index (χ2v) is 10.0. The third-order valence-corrected chi connectivity index (χ3v) is 7.21. The molecule has 32 heavy (non-hydrogen) atoms. The predicted octanol–water partition coefficient (Wildman–Crippen LogP) is 7.43. The summed E-state index contributed by atoms with van der Waals surface area (Å²) < 4.78 is 0. The molecule has 4 rings (SSSR count). The Morgan fingerprint density at radius 2 is 1.56 bits per heavy atom. The molecule has 1 fully saturated rings. The first-order chi connectivity index (χ1) is 15.4. The van der Waals surface area contributed by atoms with Gasteiger partial charge in [0.05, 0.1) is 16.8 Å². The molecule has 0 aromatic heterocycles. The van der Waals surface area contributed by atoms with Crippen LogP contribution in [0, 0.1) is 5.92 Å². The number of amides is 1. The van der Waals surface area contributed by atoms with E-state index in [1.165, 1.54) is 19.3 Å². The van der Waals surface area contributed by atoms with Crippen molar-refractivity contribution >= 4 is 52.1 Å². The lowest BCUT2D eigenvalue weighted by atomic mass is 9.90. The van der Waals surface area contributed by atoms with Crippen LogP contribution in [0.4, 0.5) is 5.69 Å². The van der Waals surface area contributed by atoms with Crippen LogP contribution < -0.4 is 10.3 Å². The van der Waals surface area contributed by atoms with Crippen molar-refractivity contribution in [3.05, 3.63) is 63.1 Å². The molecule has 4 nitrogen and oxygen atoms in total. The van der Waals surface area contributed by atoms with Crippen LogP contribution in [0.1, 0.15) is 63.5 Å². The minimum absolute atomic E-state index is 0.0883. The molecule has 7 heteroatoms. The first-order valence-corrected chi connectivity index (χ1v) is 12.5. The molecule has 0 saturated heterocycles. The second kappa shape index (κ2) is 10.5. The molecule has 1 amide bonds. The van der Waals surface area contributed by atoms with Gasteiger partial charge in [0.25, 0.3) is 5.91 Å². The van der Waals surface area contributed by atoms with Crippen molar-refractivity contribution in [1.29, 1.82) is 0 Å². The minimum atomic E-state index is -0.177. The molecule has 1 aliphatic heterocycles. The van der Waals surface area contributed by atoms with Gasteiger partial charge in [-0.15, -0.1) is 0 Å². The van der Waals surface area contributed by atoms with Crippen LogP contribution in [-0.2, 0) is 4.79 Å². The van der Waals surface area contributed by atoms with Crippen molar-refractivity contribution < 1.29 is 4.79 Å². The fourth-order valence-electron chi connectivity index (χ4n) is 4.70. The fraction of sp³-hybridized carbons (Fsp3) is 0.440. The van der Waals surface area contributed by atoms with Crippen LogP contribution in [-0.4, -0.2) is 17.7 Å². The summed E-state index contributed by atoms with van der Waals surface area (Å²) in [7, 11) is 0. The lowest BCUT2D eigenvalue weighted by Gasteiger charge is -2.27. The molecule has 0 bridgehead atoms. The first-order valence-electron chi connectivity index (χ1n) is 11.3. The molecular formula is C25H28Cl3N3O. The summed E-state index contributed by atoms with van der Waals surface area (Å²) in [5.74, 6) is -0.217. The van der Waals surface area contributed by atoms with Crippen molar-refractivity contribution in [2.45, 2.75) is 64.0 Å². The highest BCUT2D eigenvalue weighted by molar-refractivity contribution is 6.41. The number of benzene rings is 2. The summed E-state index contributed by atoms with van der Waals surface area (Å²) in [5, 5.41) is 11.6. The summed E-state index contributed by atoms with van der Waals surface area (Å²) in [4.78, 5) is 13.3. The van der Waals surface area contributed by atoms with Gasteiger partial charge in [-0.2, -0.15) is 5.10 Å². The second-order valence-electron chi connectivity index (χ2n) is 8.73. The van der Waals surface area contributed by atoms with E-state index in [4.69, 9.17) is 39.9 Å². The van der Waals surface area contributed by atoms with E-state index in [9.17, 15) is 4.79 Å². The van der Waals surface area contributed by atoms with Crippen LogP contribution in [0.3, 0.4) is 0 Å². The van der Waals surface area contributed by atoms with E-state index in [1.807, 2.05) is 42.3 Å². The average Bonchev–Trinajstić information content (AvgIpc) is 3.07. The highest BCUT2D eigenvalue weighted by Gasteiger charge is 2.40. The normalized spacial score (nSPS) is 22.2. The Labute approximate surface area is 204 Å². The van der Waals surface area contributed by atoms with Crippen molar-refractivity contribution in [3.8, 4) is 0 Å². The van der Waals surface area contributed by atoms with Crippen LogP contribution in [0.5, 0.6) is 0 Å². The topological polar surface area (TPSA) is 44.7 Å². The van der Waals surface area contributed by atoms with Gasteiger partial charge in [-0.1, -0.05) is 86.0 Å². The van der Waals surface area contributed by atoms with Crippen molar-refractivity contribution in [2.24, 2.45) is 11.0 Å². The molecule has 1 saturated carbocycles. The van der Waals surface area contributed by atoms with Gasteiger partial charge in [0.1, 0.15) is 5.71 Å².